The number of pyridine rings is 2. The number of imidazole rings is 1. The molecular weight excluding hydrogens is 238 g/mol. The summed E-state index contributed by atoms with van der Waals surface area (Å²) in [7, 11) is 0. The summed E-state index contributed by atoms with van der Waals surface area (Å²) < 4.78 is 1.39. The molecule has 0 atom stereocenters. The topological polar surface area (TPSA) is 69.6 Å². The largest absolute Gasteiger partial charge is 0.383 e. The Hall–Kier alpha value is -2.14. The molecule has 3 heterocycles. The number of nitrogens with two attached hydrogens (primary N) is 1. The third-order valence-electron chi connectivity index (χ3n) is 2.44. The molecule has 0 saturated heterocycles. The molecule has 0 saturated carbocycles. The minimum atomic E-state index is 0.393. The molecule has 0 unspecified atom stereocenters. The summed E-state index contributed by atoms with van der Waals surface area (Å²) >= 11 is 6.17. The van der Waals surface area contributed by atoms with Gasteiger partial charge in [-0.3, -0.25) is 0 Å². The van der Waals surface area contributed by atoms with Gasteiger partial charge >= 0.3 is 0 Å². The predicted molar refractivity (Wildman–Crippen MR) is 66.4 cm³/mol. The number of hydrogen-bond donors (Lipinski definition) is 1. The van der Waals surface area contributed by atoms with E-state index in [0.717, 1.165) is 5.52 Å². The van der Waals surface area contributed by atoms with E-state index in [-0.39, 0.29) is 0 Å². The monoisotopic (exact) mass is 245 g/mol. The molecule has 0 bridgehead atoms. The summed E-state index contributed by atoms with van der Waals surface area (Å²) in [5, 5.41) is 0. The summed E-state index contributed by atoms with van der Waals surface area (Å²) in [6.07, 6.45) is 3.29. The number of halogens is 1. The summed E-state index contributed by atoms with van der Waals surface area (Å²) in [6.45, 7) is 0. The van der Waals surface area contributed by atoms with Crippen LogP contribution in [-0.2, 0) is 0 Å². The van der Waals surface area contributed by atoms with E-state index >= 15 is 0 Å². The first-order valence-corrected chi connectivity index (χ1v) is 5.31. The van der Waals surface area contributed by atoms with Crippen molar-refractivity contribution >= 4 is 28.8 Å². The maximum atomic E-state index is 6.17. The minimum Gasteiger partial charge on any atom is -0.383 e. The molecule has 0 aliphatic rings. The van der Waals surface area contributed by atoms with Gasteiger partial charge in [0.2, 0.25) is 0 Å². The number of anilines is 1. The molecule has 0 aliphatic heterocycles. The normalized spacial score (nSPS) is 10.9. The molecule has 0 aliphatic carbocycles. The Balaban J connectivity index is 2.32. The first kappa shape index (κ1) is 10.0. The summed E-state index contributed by atoms with van der Waals surface area (Å²) in [4.78, 5) is 12.6. The van der Waals surface area contributed by atoms with Crippen molar-refractivity contribution in [3.05, 3.63) is 36.7 Å². The first-order chi connectivity index (χ1) is 8.27. The Kier molecular flexibility index (Phi) is 2.19. The van der Waals surface area contributed by atoms with Crippen molar-refractivity contribution in [2.75, 3.05) is 5.73 Å². The number of fused-ring (bicyclic) bond motifs is 1. The average molecular weight is 246 g/mol. The van der Waals surface area contributed by atoms with Gasteiger partial charge in [0, 0.05) is 24.2 Å². The number of nitrogen functional groups attached to an aromatic ring is 1. The van der Waals surface area contributed by atoms with Crippen LogP contribution < -0.4 is 5.73 Å². The molecule has 0 spiro atoms. The van der Waals surface area contributed by atoms with E-state index in [0.29, 0.717) is 22.9 Å². The third-order valence-corrected chi connectivity index (χ3v) is 2.76. The van der Waals surface area contributed by atoms with Gasteiger partial charge in [-0.25, -0.2) is 19.0 Å². The quantitative estimate of drug-likeness (QED) is 0.713. The second-order valence-electron chi connectivity index (χ2n) is 3.50. The number of aromatic nitrogens is 4. The number of nitrogens with zero attached hydrogens (tertiary/aromatic N) is 4. The fourth-order valence-electron chi connectivity index (χ4n) is 1.66. The molecule has 3 rings (SSSR count). The van der Waals surface area contributed by atoms with Crippen molar-refractivity contribution in [2.24, 2.45) is 0 Å². The van der Waals surface area contributed by atoms with Crippen LogP contribution in [0.25, 0.3) is 22.6 Å². The number of hydrogen-bond acceptors (Lipinski definition) is 4. The van der Waals surface area contributed by atoms with Crippen molar-refractivity contribution in [1.29, 1.82) is 0 Å². The van der Waals surface area contributed by atoms with E-state index < -0.39 is 0 Å². The van der Waals surface area contributed by atoms with Gasteiger partial charge < -0.3 is 5.73 Å². The molecule has 2 N–H and O–H groups in total. The van der Waals surface area contributed by atoms with Gasteiger partial charge in [-0.15, -0.1) is 0 Å². The van der Waals surface area contributed by atoms with Crippen LogP contribution >= 0.6 is 11.8 Å². The van der Waals surface area contributed by atoms with Gasteiger partial charge in [-0.05, 0) is 24.3 Å². The Morgan fingerprint density at radius 1 is 1.12 bits per heavy atom. The minimum absolute atomic E-state index is 0.393. The highest BCUT2D eigenvalue weighted by atomic mass is 35.5. The molecule has 0 amide bonds. The molecule has 3 aromatic rings. The summed E-state index contributed by atoms with van der Waals surface area (Å²) in [6, 6.07) is 7.26. The van der Waals surface area contributed by atoms with Crippen molar-refractivity contribution in [2.45, 2.75) is 0 Å². The summed E-state index contributed by atoms with van der Waals surface area (Å²) in [5.74, 6) is 0.940. The maximum absolute atomic E-state index is 6.17. The molecule has 3 aromatic heterocycles. The van der Waals surface area contributed by atoms with E-state index in [1.165, 1.54) is 4.09 Å². The van der Waals surface area contributed by atoms with Gasteiger partial charge in [0.05, 0.1) is 5.56 Å². The molecule has 6 heteroatoms. The average Bonchev–Trinajstić information content (AvgIpc) is 2.68. The van der Waals surface area contributed by atoms with Crippen LogP contribution in [0.1, 0.15) is 0 Å². The van der Waals surface area contributed by atoms with Gasteiger partial charge in [0.15, 0.2) is 11.5 Å². The Labute approximate surface area is 102 Å². The van der Waals surface area contributed by atoms with Gasteiger partial charge in [-0.1, -0.05) is 0 Å². The standard InChI is InChI=1S/C11H8ClN5/c12-17-10(7-3-1-5-14-9(7)13)16-8-4-2-6-15-11(8)17/h1-6H,(H2,13,14). The lowest BCUT2D eigenvalue weighted by atomic mass is 10.2. The molecule has 84 valence electrons. The van der Waals surface area contributed by atoms with Crippen LogP contribution in [0.5, 0.6) is 0 Å². The maximum Gasteiger partial charge on any atom is 0.175 e. The van der Waals surface area contributed by atoms with E-state index in [1.807, 2.05) is 18.2 Å². The predicted octanol–water partition coefficient (Wildman–Crippen LogP) is 2.08. The van der Waals surface area contributed by atoms with Gasteiger partial charge in [0.25, 0.3) is 0 Å². The fraction of sp³-hybridized carbons (Fsp3) is 0. The fourth-order valence-corrected chi connectivity index (χ4v) is 1.92. The van der Waals surface area contributed by atoms with Gasteiger partial charge in [0.1, 0.15) is 11.3 Å². The molecular formula is C11H8ClN5. The Morgan fingerprint density at radius 2 is 1.88 bits per heavy atom. The van der Waals surface area contributed by atoms with Crippen molar-refractivity contribution in [1.82, 2.24) is 19.0 Å². The summed E-state index contributed by atoms with van der Waals surface area (Å²) in [5.41, 5.74) is 7.82. The van der Waals surface area contributed by atoms with E-state index in [1.54, 1.807) is 18.5 Å². The zero-order chi connectivity index (χ0) is 11.8. The molecule has 0 fully saturated rings. The highest BCUT2D eigenvalue weighted by Gasteiger charge is 2.14. The zero-order valence-corrected chi connectivity index (χ0v) is 9.46. The van der Waals surface area contributed by atoms with Crippen molar-refractivity contribution < 1.29 is 0 Å². The molecule has 0 aromatic carbocycles. The van der Waals surface area contributed by atoms with Crippen LogP contribution in [0.4, 0.5) is 5.82 Å². The van der Waals surface area contributed by atoms with Crippen molar-refractivity contribution in [3.63, 3.8) is 0 Å². The van der Waals surface area contributed by atoms with Crippen LogP contribution in [0.3, 0.4) is 0 Å². The van der Waals surface area contributed by atoms with Crippen LogP contribution in [0, 0.1) is 0 Å². The molecule has 17 heavy (non-hydrogen) atoms. The second kappa shape index (κ2) is 3.71. The molecule has 0 radical (unpaired) electrons. The van der Waals surface area contributed by atoms with Crippen LogP contribution in [-0.4, -0.2) is 19.0 Å². The van der Waals surface area contributed by atoms with E-state index in [9.17, 15) is 0 Å². The smallest absolute Gasteiger partial charge is 0.175 e. The highest BCUT2D eigenvalue weighted by molar-refractivity contribution is 6.20. The third kappa shape index (κ3) is 1.52. The Morgan fingerprint density at radius 3 is 2.65 bits per heavy atom. The Bertz CT molecular complexity index is 691. The SMILES string of the molecule is Nc1ncccc1-c1nc2cccnc2n1Cl. The second-order valence-corrected chi connectivity index (χ2v) is 3.84. The van der Waals surface area contributed by atoms with E-state index in [2.05, 4.69) is 15.0 Å². The lowest BCUT2D eigenvalue weighted by molar-refractivity contribution is 1.20. The number of rotatable bonds is 1. The van der Waals surface area contributed by atoms with Crippen LogP contribution in [0.15, 0.2) is 36.7 Å². The van der Waals surface area contributed by atoms with Crippen molar-refractivity contribution in [3.8, 4) is 11.4 Å². The lowest BCUT2D eigenvalue weighted by Gasteiger charge is -2.01. The first-order valence-electron chi connectivity index (χ1n) is 4.98. The highest BCUT2D eigenvalue weighted by Crippen LogP contribution is 2.27. The lowest BCUT2D eigenvalue weighted by Crippen LogP contribution is -1.96. The zero-order valence-electron chi connectivity index (χ0n) is 8.71. The van der Waals surface area contributed by atoms with E-state index in [4.69, 9.17) is 17.5 Å². The molecule has 5 nitrogen and oxygen atoms in total. The van der Waals surface area contributed by atoms with Crippen LogP contribution in [0.2, 0.25) is 0 Å². The van der Waals surface area contributed by atoms with Gasteiger partial charge in [-0.2, -0.15) is 0 Å².